The van der Waals surface area contributed by atoms with E-state index in [9.17, 15) is 4.39 Å². The Morgan fingerprint density at radius 2 is 1.73 bits per heavy atom. The number of aryl methyl sites for hydroxylation is 1. The maximum Gasteiger partial charge on any atom is 0.150 e. The molecule has 154 valence electrons. The first-order chi connectivity index (χ1) is 14.1. The van der Waals surface area contributed by atoms with Gasteiger partial charge in [0.15, 0.2) is 0 Å². The molecule has 4 rings (SSSR count). The van der Waals surface area contributed by atoms with Crippen molar-refractivity contribution in [2.45, 2.75) is 13.0 Å². The summed E-state index contributed by atoms with van der Waals surface area (Å²) in [5.74, 6) is 1.64. The van der Waals surface area contributed by atoms with Gasteiger partial charge in [0.25, 0.3) is 0 Å². The predicted molar refractivity (Wildman–Crippen MR) is 117 cm³/mol. The van der Waals surface area contributed by atoms with Crippen molar-refractivity contribution in [3.8, 4) is 11.1 Å². The largest absolute Gasteiger partial charge is 0.363 e. The number of nitrogens with one attached hydrogen (secondary N) is 2. The summed E-state index contributed by atoms with van der Waals surface area (Å²) >= 11 is 0. The molecule has 7 nitrogen and oxygen atoms in total. The molecule has 3 heterocycles. The smallest absolute Gasteiger partial charge is 0.150 e. The molecule has 0 fully saturated rings. The third-order valence-corrected chi connectivity index (χ3v) is 4.42. The molecule has 0 saturated heterocycles. The van der Waals surface area contributed by atoms with Crippen molar-refractivity contribution in [2.24, 2.45) is 7.05 Å². The first-order valence-electron chi connectivity index (χ1n) is 9.13. The van der Waals surface area contributed by atoms with Gasteiger partial charge in [-0.05, 0) is 42.3 Å². The third-order valence-electron chi connectivity index (χ3n) is 4.42. The molecule has 0 aliphatic rings. The standard InChI is InChI=1S/C21H20FN7.ClH/c1-14(15-3-5-18(22)6-4-15)26-19-9-16(17-11-25-29(2)13-17)10-20(27-19)28-21-12-23-7-8-24-21;/h3-14H,1-2H3,(H2,24,26,27,28);1H. The Morgan fingerprint density at radius 1 is 0.967 bits per heavy atom. The molecule has 4 aromatic rings. The summed E-state index contributed by atoms with van der Waals surface area (Å²) in [7, 11) is 1.87. The maximum absolute atomic E-state index is 13.2. The lowest BCUT2D eigenvalue weighted by atomic mass is 10.1. The summed E-state index contributed by atoms with van der Waals surface area (Å²) in [6, 6.07) is 10.3. The molecule has 0 aliphatic heterocycles. The zero-order valence-corrected chi connectivity index (χ0v) is 17.3. The van der Waals surface area contributed by atoms with E-state index >= 15 is 0 Å². The van der Waals surface area contributed by atoms with Gasteiger partial charge >= 0.3 is 0 Å². The highest BCUT2D eigenvalue weighted by molar-refractivity contribution is 5.85. The van der Waals surface area contributed by atoms with Crippen LogP contribution in [0, 0.1) is 5.82 Å². The lowest BCUT2D eigenvalue weighted by molar-refractivity contribution is 0.626. The Labute approximate surface area is 179 Å². The van der Waals surface area contributed by atoms with Gasteiger partial charge < -0.3 is 10.6 Å². The van der Waals surface area contributed by atoms with Gasteiger partial charge in [-0.25, -0.2) is 14.4 Å². The van der Waals surface area contributed by atoms with E-state index in [1.165, 1.54) is 12.1 Å². The van der Waals surface area contributed by atoms with Crippen LogP contribution in [0.3, 0.4) is 0 Å². The molecule has 9 heteroatoms. The minimum absolute atomic E-state index is 0. The van der Waals surface area contributed by atoms with E-state index in [1.54, 1.807) is 41.6 Å². The number of hydrogen-bond donors (Lipinski definition) is 2. The minimum Gasteiger partial charge on any atom is -0.363 e. The van der Waals surface area contributed by atoms with Gasteiger partial charge in [0, 0.05) is 37.2 Å². The topological polar surface area (TPSA) is 80.5 Å². The Balaban J connectivity index is 0.00000256. The van der Waals surface area contributed by atoms with Crippen molar-refractivity contribution < 1.29 is 4.39 Å². The van der Waals surface area contributed by atoms with E-state index in [0.717, 1.165) is 16.7 Å². The van der Waals surface area contributed by atoms with Crippen LogP contribution in [0.1, 0.15) is 18.5 Å². The summed E-state index contributed by atoms with van der Waals surface area (Å²) in [4.78, 5) is 13.0. The molecule has 1 unspecified atom stereocenters. The number of pyridine rings is 1. The van der Waals surface area contributed by atoms with Crippen molar-refractivity contribution in [3.05, 3.63) is 78.8 Å². The highest BCUT2D eigenvalue weighted by Crippen LogP contribution is 2.28. The quantitative estimate of drug-likeness (QED) is 0.464. The first-order valence-corrected chi connectivity index (χ1v) is 9.13. The van der Waals surface area contributed by atoms with E-state index in [1.807, 2.05) is 32.3 Å². The van der Waals surface area contributed by atoms with E-state index in [2.05, 4.69) is 30.7 Å². The first kappa shape index (κ1) is 21.2. The fourth-order valence-electron chi connectivity index (χ4n) is 2.96. The van der Waals surface area contributed by atoms with Crippen LogP contribution < -0.4 is 10.6 Å². The van der Waals surface area contributed by atoms with Crippen LogP contribution in [0.25, 0.3) is 11.1 Å². The number of anilines is 3. The molecule has 0 radical (unpaired) electrons. The highest BCUT2D eigenvalue weighted by Gasteiger charge is 2.11. The lowest BCUT2D eigenvalue weighted by Crippen LogP contribution is -2.09. The third kappa shape index (κ3) is 5.09. The average Bonchev–Trinajstić information content (AvgIpc) is 3.15. The Morgan fingerprint density at radius 3 is 2.40 bits per heavy atom. The monoisotopic (exact) mass is 425 g/mol. The molecular weight excluding hydrogens is 405 g/mol. The predicted octanol–water partition coefficient (Wildman–Crippen LogP) is 4.75. The van der Waals surface area contributed by atoms with Crippen molar-refractivity contribution in [1.82, 2.24) is 24.7 Å². The van der Waals surface area contributed by atoms with Crippen LogP contribution in [-0.2, 0) is 7.05 Å². The molecule has 0 saturated carbocycles. The van der Waals surface area contributed by atoms with Crippen LogP contribution in [0.2, 0.25) is 0 Å². The van der Waals surface area contributed by atoms with Crippen LogP contribution in [-0.4, -0.2) is 24.7 Å². The van der Waals surface area contributed by atoms with Gasteiger partial charge in [-0.15, -0.1) is 12.4 Å². The fourth-order valence-corrected chi connectivity index (χ4v) is 2.96. The number of rotatable bonds is 6. The van der Waals surface area contributed by atoms with Crippen molar-refractivity contribution >= 4 is 29.9 Å². The summed E-state index contributed by atoms with van der Waals surface area (Å²) in [6.07, 6.45) is 8.60. The van der Waals surface area contributed by atoms with E-state index in [0.29, 0.717) is 17.5 Å². The fraction of sp³-hybridized carbons (Fsp3) is 0.143. The molecule has 0 spiro atoms. The molecule has 30 heavy (non-hydrogen) atoms. The second-order valence-corrected chi connectivity index (χ2v) is 6.66. The zero-order valence-electron chi connectivity index (χ0n) is 16.5. The normalized spacial score (nSPS) is 11.4. The van der Waals surface area contributed by atoms with Crippen molar-refractivity contribution in [1.29, 1.82) is 0 Å². The van der Waals surface area contributed by atoms with Gasteiger partial charge in [-0.3, -0.25) is 9.67 Å². The minimum atomic E-state index is -0.256. The van der Waals surface area contributed by atoms with Crippen LogP contribution in [0.4, 0.5) is 21.8 Å². The molecule has 3 aromatic heterocycles. The molecule has 0 bridgehead atoms. The molecule has 2 N–H and O–H groups in total. The van der Waals surface area contributed by atoms with Crippen LogP contribution in [0.15, 0.2) is 67.4 Å². The number of hydrogen-bond acceptors (Lipinski definition) is 6. The van der Waals surface area contributed by atoms with Gasteiger partial charge in [-0.2, -0.15) is 5.10 Å². The van der Waals surface area contributed by atoms with E-state index < -0.39 is 0 Å². The summed E-state index contributed by atoms with van der Waals surface area (Å²) in [6.45, 7) is 2.00. The number of nitrogens with zero attached hydrogens (tertiary/aromatic N) is 5. The summed E-state index contributed by atoms with van der Waals surface area (Å²) in [5.41, 5.74) is 2.88. The molecule has 0 aliphatic carbocycles. The highest BCUT2D eigenvalue weighted by atomic mass is 35.5. The Hall–Kier alpha value is -3.52. The maximum atomic E-state index is 13.2. The van der Waals surface area contributed by atoms with Crippen molar-refractivity contribution in [3.63, 3.8) is 0 Å². The number of halogens is 2. The van der Waals surface area contributed by atoms with Gasteiger partial charge in [0.05, 0.1) is 12.4 Å². The van der Waals surface area contributed by atoms with Crippen LogP contribution >= 0.6 is 12.4 Å². The zero-order chi connectivity index (χ0) is 20.2. The summed E-state index contributed by atoms with van der Waals surface area (Å²) in [5, 5.41) is 10.8. The van der Waals surface area contributed by atoms with Crippen molar-refractivity contribution in [2.75, 3.05) is 10.6 Å². The van der Waals surface area contributed by atoms with Gasteiger partial charge in [-0.1, -0.05) is 12.1 Å². The molecular formula is C21H21ClFN7. The van der Waals surface area contributed by atoms with E-state index in [-0.39, 0.29) is 24.3 Å². The lowest BCUT2D eigenvalue weighted by Gasteiger charge is -2.17. The summed E-state index contributed by atoms with van der Waals surface area (Å²) < 4.78 is 15.0. The molecule has 1 atom stereocenters. The number of benzene rings is 1. The SMILES string of the molecule is CC(Nc1cc(-c2cnn(C)c2)cc(Nc2cnccn2)n1)c1ccc(F)cc1.Cl. The Bertz CT molecular complexity index is 1100. The van der Waals surface area contributed by atoms with Gasteiger partial charge in [0.2, 0.25) is 0 Å². The Kier molecular flexibility index (Phi) is 6.58. The molecule has 1 aromatic carbocycles. The second-order valence-electron chi connectivity index (χ2n) is 6.66. The van der Waals surface area contributed by atoms with E-state index in [4.69, 9.17) is 0 Å². The van der Waals surface area contributed by atoms with Crippen LogP contribution in [0.5, 0.6) is 0 Å². The average molecular weight is 426 g/mol. The molecule has 0 amide bonds. The second kappa shape index (κ2) is 9.32. The van der Waals surface area contributed by atoms with Gasteiger partial charge in [0.1, 0.15) is 23.3 Å². The number of aromatic nitrogens is 5.